The Morgan fingerprint density at radius 2 is 1.83 bits per heavy atom. The lowest BCUT2D eigenvalue weighted by Crippen LogP contribution is -2.23. The van der Waals surface area contributed by atoms with Crippen molar-refractivity contribution in [2.24, 2.45) is 7.05 Å². The number of rotatable bonds is 8. The van der Waals surface area contributed by atoms with Crippen molar-refractivity contribution in [2.45, 2.75) is 32.6 Å². The minimum atomic E-state index is -0.371. The smallest absolute Gasteiger partial charge is 0.338 e. The van der Waals surface area contributed by atoms with Crippen LogP contribution in [-0.4, -0.2) is 28.0 Å². The number of carbonyl (C=O) groups excluding carboxylic acids is 2. The lowest BCUT2D eigenvalue weighted by molar-refractivity contribution is -0.116. The number of aromatic nitrogens is 2. The highest BCUT2D eigenvalue weighted by molar-refractivity contribution is 5.93. The molecule has 1 heterocycles. The number of anilines is 1. The van der Waals surface area contributed by atoms with E-state index in [-0.39, 0.29) is 23.9 Å². The predicted octanol–water partition coefficient (Wildman–Crippen LogP) is 3.46. The van der Waals surface area contributed by atoms with Gasteiger partial charge in [-0.25, -0.2) is 9.78 Å². The van der Waals surface area contributed by atoms with E-state index in [1.807, 2.05) is 13.0 Å². The zero-order valence-corrected chi connectivity index (χ0v) is 17.2. The van der Waals surface area contributed by atoms with Crippen LogP contribution in [0, 0.1) is 0 Å². The van der Waals surface area contributed by atoms with Gasteiger partial charge in [-0.2, -0.15) is 0 Å². The number of hydrogen-bond acceptors (Lipinski definition) is 5. The average Bonchev–Trinajstić information content (AvgIpc) is 2.76. The Morgan fingerprint density at radius 1 is 1.10 bits per heavy atom. The van der Waals surface area contributed by atoms with Crippen LogP contribution in [0.2, 0.25) is 0 Å². The van der Waals surface area contributed by atoms with Crippen LogP contribution in [0.3, 0.4) is 0 Å². The first kappa shape index (κ1) is 21.2. The summed E-state index contributed by atoms with van der Waals surface area (Å²) in [5, 5.41) is 3.35. The quantitative estimate of drug-likeness (QED) is 0.456. The van der Waals surface area contributed by atoms with Gasteiger partial charge in [0.15, 0.2) is 0 Å². The van der Waals surface area contributed by atoms with Crippen molar-refractivity contribution in [1.82, 2.24) is 9.55 Å². The fourth-order valence-electron chi connectivity index (χ4n) is 3.02. The third kappa shape index (κ3) is 5.11. The summed E-state index contributed by atoms with van der Waals surface area (Å²) in [6.45, 7) is 2.43. The number of nitrogens with one attached hydrogen (secondary N) is 1. The summed E-state index contributed by atoms with van der Waals surface area (Å²) < 4.78 is 6.65. The van der Waals surface area contributed by atoms with E-state index in [0.29, 0.717) is 41.0 Å². The second kappa shape index (κ2) is 9.82. The molecular weight excluding hydrogens is 382 g/mol. The normalized spacial score (nSPS) is 10.7. The second-order valence-corrected chi connectivity index (χ2v) is 7.02. The van der Waals surface area contributed by atoms with Crippen LogP contribution in [0.15, 0.2) is 53.3 Å². The molecule has 3 rings (SSSR count). The van der Waals surface area contributed by atoms with Gasteiger partial charge in [0.2, 0.25) is 5.91 Å². The highest BCUT2D eigenvalue weighted by Crippen LogP contribution is 2.13. The maximum atomic E-state index is 12.4. The zero-order valence-electron chi connectivity index (χ0n) is 17.2. The SMILES string of the molecule is CCCCOC(=O)c1ccc(NC(=O)CCc2nc3ccccc3c(=O)n2C)cc1. The van der Waals surface area contributed by atoms with E-state index in [1.165, 1.54) is 4.57 Å². The average molecular weight is 407 g/mol. The van der Waals surface area contributed by atoms with E-state index >= 15 is 0 Å². The van der Waals surface area contributed by atoms with Crippen LogP contribution < -0.4 is 10.9 Å². The maximum absolute atomic E-state index is 12.4. The molecule has 0 aliphatic rings. The van der Waals surface area contributed by atoms with Gasteiger partial charge in [0.05, 0.1) is 23.1 Å². The Labute approximate surface area is 174 Å². The van der Waals surface area contributed by atoms with Crippen molar-refractivity contribution >= 4 is 28.5 Å². The van der Waals surface area contributed by atoms with Gasteiger partial charge in [-0.3, -0.25) is 14.2 Å². The van der Waals surface area contributed by atoms with Gasteiger partial charge in [0.1, 0.15) is 5.82 Å². The molecule has 3 aromatic rings. The van der Waals surface area contributed by atoms with E-state index < -0.39 is 0 Å². The van der Waals surface area contributed by atoms with Crippen molar-refractivity contribution in [2.75, 3.05) is 11.9 Å². The maximum Gasteiger partial charge on any atom is 0.338 e. The van der Waals surface area contributed by atoms with Gasteiger partial charge in [-0.1, -0.05) is 25.5 Å². The van der Waals surface area contributed by atoms with Gasteiger partial charge in [-0.05, 0) is 42.8 Å². The molecule has 0 aliphatic carbocycles. The summed E-state index contributed by atoms with van der Waals surface area (Å²) in [6.07, 6.45) is 2.31. The van der Waals surface area contributed by atoms with Crippen LogP contribution in [-0.2, 0) is 23.0 Å². The molecule has 0 fully saturated rings. The summed E-state index contributed by atoms with van der Waals surface area (Å²) in [6, 6.07) is 13.7. The fourth-order valence-corrected chi connectivity index (χ4v) is 3.02. The lowest BCUT2D eigenvalue weighted by atomic mass is 10.2. The molecule has 7 heteroatoms. The van der Waals surface area contributed by atoms with Crippen LogP contribution in [0.4, 0.5) is 5.69 Å². The monoisotopic (exact) mass is 407 g/mol. The minimum absolute atomic E-state index is 0.127. The molecule has 0 unspecified atom stereocenters. The lowest BCUT2D eigenvalue weighted by Gasteiger charge is -2.10. The van der Waals surface area contributed by atoms with Gasteiger partial charge in [-0.15, -0.1) is 0 Å². The first-order valence-corrected chi connectivity index (χ1v) is 10.0. The Hall–Kier alpha value is -3.48. The molecule has 0 aliphatic heterocycles. The summed E-state index contributed by atoms with van der Waals surface area (Å²) in [5.74, 6) is -0.0145. The number of fused-ring (bicyclic) bond motifs is 1. The van der Waals surface area contributed by atoms with Crippen LogP contribution in [0.1, 0.15) is 42.4 Å². The van der Waals surface area contributed by atoms with Gasteiger partial charge < -0.3 is 10.1 Å². The van der Waals surface area contributed by atoms with E-state index in [0.717, 1.165) is 12.8 Å². The number of para-hydroxylation sites is 1. The molecule has 0 bridgehead atoms. The standard InChI is InChI=1S/C23H25N3O4/c1-3-4-15-30-23(29)16-9-11-17(12-10-16)24-21(27)14-13-20-25-19-8-6-5-7-18(19)22(28)26(20)2/h5-12H,3-4,13-15H2,1-2H3,(H,24,27). The van der Waals surface area contributed by atoms with Crippen molar-refractivity contribution in [3.8, 4) is 0 Å². The Balaban J connectivity index is 1.59. The minimum Gasteiger partial charge on any atom is -0.462 e. The number of unbranched alkanes of at least 4 members (excludes halogenated alkanes) is 1. The number of benzene rings is 2. The number of amides is 1. The van der Waals surface area contributed by atoms with Gasteiger partial charge in [0.25, 0.3) is 5.56 Å². The van der Waals surface area contributed by atoms with E-state index in [2.05, 4.69) is 10.3 Å². The first-order valence-electron chi connectivity index (χ1n) is 10.0. The molecule has 0 radical (unpaired) electrons. The molecule has 1 N–H and O–H groups in total. The number of ether oxygens (including phenoxy) is 1. The molecule has 2 aromatic carbocycles. The van der Waals surface area contributed by atoms with Crippen LogP contribution in [0.25, 0.3) is 10.9 Å². The molecule has 7 nitrogen and oxygen atoms in total. The molecule has 0 saturated heterocycles. The fraction of sp³-hybridized carbons (Fsp3) is 0.304. The van der Waals surface area contributed by atoms with Crippen LogP contribution in [0.5, 0.6) is 0 Å². The Morgan fingerprint density at radius 3 is 2.57 bits per heavy atom. The summed E-state index contributed by atoms with van der Waals surface area (Å²) in [5.41, 5.74) is 1.53. The third-order valence-electron chi connectivity index (χ3n) is 4.79. The highest BCUT2D eigenvalue weighted by Gasteiger charge is 2.11. The number of aryl methyl sites for hydroxylation is 1. The zero-order chi connectivity index (χ0) is 21.5. The molecule has 156 valence electrons. The second-order valence-electron chi connectivity index (χ2n) is 7.02. The summed E-state index contributed by atoms with van der Waals surface area (Å²) in [7, 11) is 1.66. The molecule has 0 spiro atoms. The molecule has 0 saturated carbocycles. The first-order chi connectivity index (χ1) is 14.5. The number of nitrogens with zero attached hydrogens (tertiary/aromatic N) is 2. The number of hydrogen-bond donors (Lipinski definition) is 1. The molecular formula is C23H25N3O4. The van der Waals surface area contributed by atoms with Crippen molar-refractivity contribution < 1.29 is 14.3 Å². The van der Waals surface area contributed by atoms with E-state index in [1.54, 1.807) is 49.5 Å². The Kier molecular flexibility index (Phi) is 6.95. The van der Waals surface area contributed by atoms with E-state index in [4.69, 9.17) is 4.74 Å². The highest BCUT2D eigenvalue weighted by atomic mass is 16.5. The topological polar surface area (TPSA) is 90.3 Å². The Bertz CT molecular complexity index is 1100. The summed E-state index contributed by atoms with van der Waals surface area (Å²) in [4.78, 5) is 41.2. The molecule has 1 aromatic heterocycles. The third-order valence-corrected chi connectivity index (χ3v) is 4.79. The van der Waals surface area contributed by atoms with E-state index in [9.17, 15) is 14.4 Å². The number of carbonyl (C=O) groups is 2. The van der Waals surface area contributed by atoms with Crippen molar-refractivity contribution in [1.29, 1.82) is 0 Å². The largest absolute Gasteiger partial charge is 0.462 e. The molecule has 30 heavy (non-hydrogen) atoms. The molecule has 0 atom stereocenters. The van der Waals surface area contributed by atoms with Crippen molar-refractivity contribution in [3.63, 3.8) is 0 Å². The van der Waals surface area contributed by atoms with Crippen molar-refractivity contribution in [3.05, 3.63) is 70.3 Å². The predicted molar refractivity (Wildman–Crippen MR) is 116 cm³/mol. The number of esters is 1. The van der Waals surface area contributed by atoms with Gasteiger partial charge in [0, 0.05) is 25.6 Å². The van der Waals surface area contributed by atoms with Crippen LogP contribution >= 0.6 is 0 Å². The summed E-state index contributed by atoms with van der Waals surface area (Å²) >= 11 is 0. The molecule has 1 amide bonds. The van der Waals surface area contributed by atoms with Gasteiger partial charge >= 0.3 is 5.97 Å².